The summed E-state index contributed by atoms with van der Waals surface area (Å²) in [6.45, 7) is 0. The fourth-order valence-corrected chi connectivity index (χ4v) is 1.89. The molecule has 0 aromatic carbocycles. The maximum atomic E-state index is 8.63. The van der Waals surface area contributed by atoms with Crippen LogP contribution in [0.2, 0.25) is 0 Å². The Kier molecular flexibility index (Phi) is 3.19. The minimum Gasteiger partial charge on any atom is -0.192 e. The highest BCUT2D eigenvalue weighted by atomic mass is 32.1. The van der Waals surface area contributed by atoms with Crippen molar-refractivity contribution < 1.29 is 0 Å². The lowest BCUT2D eigenvalue weighted by Crippen LogP contribution is -2.11. The fraction of sp³-hybridized carbons (Fsp3) is 0.556. The predicted molar refractivity (Wildman–Crippen MR) is 49.5 cm³/mol. The lowest BCUT2D eigenvalue weighted by Gasteiger charge is -2.20. The SMILES string of the molecule is N#CC(C#N)=C1CCCCC1S. The van der Waals surface area contributed by atoms with E-state index in [-0.39, 0.29) is 10.8 Å². The summed E-state index contributed by atoms with van der Waals surface area (Å²) in [6, 6.07) is 3.84. The first-order valence-electron chi connectivity index (χ1n) is 4.01. The van der Waals surface area contributed by atoms with E-state index in [1.807, 2.05) is 12.1 Å². The Morgan fingerprint density at radius 3 is 2.50 bits per heavy atom. The van der Waals surface area contributed by atoms with Crippen molar-refractivity contribution in [2.45, 2.75) is 30.9 Å². The van der Waals surface area contributed by atoms with Crippen LogP contribution in [0.5, 0.6) is 0 Å². The highest BCUT2D eigenvalue weighted by Crippen LogP contribution is 2.29. The van der Waals surface area contributed by atoms with Crippen LogP contribution in [0.25, 0.3) is 0 Å². The summed E-state index contributed by atoms with van der Waals surface area (Å²) in [5, 5.41) is 17.4. The van der Waals surface area contributed by atoms with E-state index in [4.69, 9.17) is 10.5 Å². The number of hydrogen-bond acceptors (Lipinski definition) is 3. The van der Waals surface area contributed by atoms with Crippen molar-refractivity contribution in [1.29, 1.82) is 10.5 Å². The molecule has 0 aromatic rings. The van der Waals surface area contributed by atoms with Gasteiger partial charge in [0.1, 0.15) is 17.7 Å². The smallest absolute Gasteiger partial charge is 0.129 e. The zero-order valence-electron chi connectivity index (χ0n) is 6.75. The van der Waals surface area contributed by atoms with Crippen molar-refractivity contribution in [1.82, 2.24) is 0 Å². The number of nitrogens with zero attached hydrogens (tertiary/aromatic N) is 2. The van der Waals surface area contributed by atoms with Crippen LogP contribution in [-0.2, 0) is 0 Å². The van der Waals surface area contributed by atoms with E-state index in [2.05, 4.69) is 12.6 Å². The summed E-state index contributed by atoms with van der Waals surface area (Å²) >= 11 is 4.34. The van der Waals surface area contributed by atoms with Gasteiger partial charge in [0.05, 0.1) is 0 Å². The van der Waals surface area contributed by atoms with E-state index >= 15 is 0 Å². The van der Waals surface area contributed by atoms with Gasteiger partial charge in [-0.2, -0.15) is 23.2 Å². The molecule has 1 atom stereocenters. The van der Waals surface area contributed by atoms with Crippen molar-refractivity contribution in [2.24, 2.45) is 0 Å². The zero-order chi connectivity index (χ0) is 8.97. The third-order valence-corrected chi connectivity index (χ3v) is 2.69. The number of thiol groups is 1. The molecule has 1 aliphatic carbocycles. The normalized spacial score (nSPS) is 22.6. The molecule has 1 rings (SSSR count). The molecule has 0 heterocycles. The minimum atomic E-state index is 0.132. The first kappa shape index (κ1) is 9.16. The Morgan fingerprint density at radius 1 is 1.33 bits per heavy atom. The van der Waals surface area contributed by atoms with Gasteiger partial charge in [0, 0.05) is 5.25 Å². The van der Waals surface area contributed by atoms with Crippen LogP contribution in [-0.4, -0.2) is 5.25 Å². The Labute approximate surface area is 77.9 Å². The number of rotatable bonds is 0. The molecule has 0 aromatic heterocycles. The van der Waals surface area contributed by atoms with E-state index in [9.17, 15) is 0 Å². The number of nitriles is 2. The Morgan fingerprint density at radius 2 is 2.00 bits per heavy atom. The Hall–Kier alpha value is -0.930. The second-order valence-corrected chi connectivity index (χ2v) is 3.51. The molecule has 0 saturated heterocycles. The lowest BCUT2D eigenvalue weighted by molar-refractivity contribution is 0.609. The van der Waals surface area contributed by atoms with Gasteiger partial charge in [-0.15, -0.1) is 0 Å². The molecular formula is C9H10N2S. The molecule has 12 heavy (non-hydrogen) atoms. The molecule has 0 amide bonds. The minimum absolute atomic E-state index is 0.132. The predicted octanol–water partition coefficient (Wildman–Crippen LogP) is 2.20. The van der Waals surface area contributed by atoms with Gasteiger partial charge < -0.3 is 0 Å². The topological polar surface area (TPSA) is 47.6 Å². The van der Waals surface area contributed by atoms with Crippen molar-refractivity contribution in [3.05, 3.63) is 11.1 Å². The quantitative estimate of drug-likeness (QED) is 0.456. The van der Waals surface area contributed by atoms with Crippen LogP contribution in [0.3, 0.4) is 0 Å². The molecule has 1 saturated carbocycles. The molecule has 0 N–H and O–H groups in total. The maximum absolute atomic E-state index is 8.63. The van der Waals surface area contributed by atoms with Crippen LogP contribution >= 0.6 is 12.6 Å². The van der Waals surface area contributed by atoms with Gasteiger partial charge in [0.15, 0.2) is 0 Å². The summed E-state index contributed by atoms with van der Waals surface area (Å²) in [7, 11) is 0. The van der Waals surface area contributed by atoms with E-state index in [0.29, 0.717) is 0 Å². The van der Waals surface area contributed by atoms with Gasteiger partial charge in [-0.05, 0) is 24.8 Å². The van der Waals surface area contributed by atoms with Crippen molar-refractivity contribution >= 4 is 12.6 Å². The van der Waals surface area contributed by atoms with Crippen molar-refractivity contribution in [3.63, 3.8) is 0 Å². The molecule has 62 valence electrons. The van der Waals surface area contributed by atoms with Crippen LogP contribution in [0.4, 0.5) is 0 Å². The van der Waals surface area contributed by atoms with E-state index < -0.39 is 0 Å². The summed E-state index contributed by atoms with van der Waals surface area (Å²) in [5.74, 6) is 0. The average Bonchev–Trinajstić information content (AvgIpc) is 2.10. The molecule has 3 heteroatoms. The molecule has 1 unspecified atom stereocenters. The fourth-order valence-electron chi connectivity index (χ4n) is 1.45. The summed E-state index contributed by atoms with van der Waals surface area (Å²) in [4.78, 5) is 0. The van der Waals surface area contributed by atoms with Crippen LogP contribution in [0.1, 0.15) is 25.7 Å². The number of allylic oxidation sites excluding steroid dienone is 1. The van der Waals surface area contributed by atoms with Crippen LogP contribution < -0.4 is 0 Å². The summed E-state index contributed by atoms with van der Waals surface area (Å²) < 4.78 is 0. The van der Waals surface area contributed by atoms with E-state index in [0.717, 1.165) is 31.3 Å². The molecule has 0 radical (unpaired) electrons. The average molecular weight is 178 g/mol. The molecular weight excluding hydrogens is 168 g/mol. The van der Waals surface area contributed by atoms with E-state index in [1.54, 1.807) is 0 Å². The van der Waals surface area contributed by atoms with Crippen molar-refractivity contribution in [3.8, 4) is 12.1 Å². The third kappa shape index (κ3) is 1.81. The Balaban J connectivity index is 2.92. The third-order valence-electron chi connectivity index (χ3n) is 2.12. The molecule has 2 nitrogen and oxygen atoms in total. The monoisotopic (exact) mass is 178 g/mol. The maximum Gasteiger partial charge on any atom is 0.129 e. The van der Waals surface area contributed by atoms with Gasteiger partial charge in [0.2, 0.25) is 0 Å². The molecule has 1 aliphatic rings. The van der Waals surface area contributed by atoms with Crippen LogP contribution in [0.15, 0.2) is 11.1 Å². The molecule has 1 fully saturated rings. The molecule has 0 bridgehead atoms. The Bertz CT molecular complexity index is 264. The van der Waals surface area contributed by atoms with Crippen LogP contribution in [0, 0.1) is 22.7 Å². The second kappa shape index (κ2) is 4.18. The van der Waals surface area contributed by atoms with Gasteiger partial charge in [-0.25, -0.2) is 0 Å². The largest absolute Gasteiger partial charge is 0.192 e. The summed E-state index contributed by atoms with van der Waals surface area (Å²) in [6.07, 6.45) is 4.09. The highest BCUT2D eigenvalue weighted by molar-refractivity contribution is 7.81. The molecule has 0 spiro atoms. The van der Waals surface area contributed by atoms with Gasteiger partial charge in [-0.3, -0.25) is 0 Å². The van der Waals surface area contributed by atoms with Crippen molar-refractivity contribution in [2.75, 3.05) is 0 Å². The summed E-state index contributed by atoms with van der Waals surface area (Å²) in [5.41, 5.74) is 1.21. The van der Waals surface area contributed by atoms with Gasteiger partial charge in [0.25, 0.3) is 0 Å². The first-order chi connectivity index (χ1) is 5.79. The van der Waals surface area contributed by atoms with Gasteiger partial charge >= 0.3 is 0 Å². The molecule has 0 aliphatic heterocycles. The standard InChI is InChI=1S/C9H10N2S/c10-5-7(6-11)8-3-1-2-4-9(8)12/h9,12H,1-4H2. The number of hydrogen-bond donors (Lipinski definition) is 1. The lowest BCUT2D eigenvalue weighted by atomic mass is 9.91. The second-order valence-electron chi connectivity index (χ2n) is 2.89. The zero-order valence-corrected chi connectivity index (χ0v) is 7.64. The highest BCUT2D eigenvalue weighted by Gasteiger charge is 2.18. The van der Waals surface area contributed by atoms with Gasteiger partial charge in [-0.1, -0.05) is 6.42 Å². The first-order valence-corrected chi connectivity index (χ1v) is 4.52. The van der Waals surface area contributed by atoms with E-state index in [1.165, 1.54) is 0 Å².